The fourth-order valence-electron chi connectivity index (χ4n) is 0. The van der Waals surface area contributed by atoms with Crippen LogP contribution in [0.15, 0.2) is 0 Å². The van der Waals surface area contributed by atoms with E-state index in [0.717, 1.165) is 0 Å². The molecule has 0 saturated carbocycles. The van der Waals surface area contributed by atoms with Crippen LogP contribution in [-0.4, -0.2) is 138 Å². The molecule has 0 N–H and O–H groups in total. The maximum atomic E-state index is 8.33. The van der Waals surface area contributed by atoms with Gasteiger partial charge in [0.05, 0.1) is 0 Å². The molecule has 4 heteroatoms. The predicted molar refractivity (Wildman–Crippen MR) is 15.0 cm³/mol. The Labute approximate surface area is 154 Å². The van der Waals surface area contributed by atoms with E-state index in [0.29, 0.717) is 19.8 Å². The van der Waals surface area contributed by atoms with Gasteiger partial charge in [-0.2, -0.15) is 0 Å². The van der Waals surface area contributed by atoms with E-state index < -0.39 is 0 Å². The van der Waals surface area contributed by atoms with Gasteiger partial charge < -0.3 is 0 Å². The van der Waals surface area contributed by atoms with Gasteiger partial charge in [-0.05, 0) is 0 Å². The van der Waals surface area contributed by atoms with Crippen LogP contribution >= 0.6 is 0 Å². The van der Waals surface area contributed by atoms with Gasteiger partial charge in [0.15, 0.2) is 0 Å². The van der Waals surface area contributed by atoms with Crippen molar-refractivity contribution >= 4 is 138 Å². The van der Waals surface area contributed by atoms with E-state index in [-0.39, 0.29) is 138 Å². The molecule has 0 atom stereocenters. The summed E-state index contributed by atoms with van der Waals surface area (Å²) in [6.45, 7) is 0. The summed E-state index contributed by atoms with van der Waals surface area (Å²) in [5.74, 6) is 0. The minimum atomic E-state index is 0. The molecule has 0 aromatic rings. The van der Waals surface area contributed by atoms with Gasteiger partial charge in [0.2, 0.25) is 0 Å². The van der Waals surface area contributed by atoms with E-state index in [4.69, 9.17) is 3.40 Å². The van der Waals surface area contributed by atoms with Crippen LogP contribution in [-0.2, 0) is 23.2 Å². The molecule has 0 radical (unpaired) electrons. The Morgan fingerprint density at radius 1 is 1.00 bits per heavy atom. The van der Waals surface area contributed by atoms with Crippen molar-refractivity contribution in [2.24, 2.45) is 0 Å². The third-order valence-corrected chi connectivity index (χ3v) is 0. The first-order valence-electron chi connectivity index (χ1n) is 0.167. The summed E-state index contributed by atoms with van der Waals surface area (Å²) in [4.78, 5) is 0. The van der Waals surface area contributed by atoms with Crippen molar-refractivity contribution in [3.63, 3.8) is 0 Å². The van der Waals surface area contributed by atoms with Crippen LogP contribution in [0.4, 0.5) is 0 Å². The molecule has 0 unspecified atom stereocenters. The second kappa shape index (κ2) is 15.6. The van der Waals surface area contributed by atoms with Crippen molar-refractivity contribution in [1.82, 2.24) is 0 Å². The Morgan fingerprint density at radius 2 is 1.00 bits per heavy atom. The first kappa shape index (κ1) is 15.8. The van der Waals surface area contributed by atoms with Crippen molar-refractivity contribution < 1.29 is 23.2 Å². The van der Waals surface area contributed by atoms with Crippen LogP contribution in [0.5, 0.6) is 0 Å². The third kappa shape index (κ3) is 9.78. The molecule has 0 aliphatic rings. The Balaban J connectivity index is -0.00000000500. The van der Waals surface area contributed by atoms with E-state index in [1.807, 2.05) is 0 Å². The maximum absolute atomic E-state index is 8.33. The third-order valence-electron chi connectivity index (χ3n) is 0. The van der Waals surface area contributed by atoms with Crippen LogP contribution < -0.4 is 0 Å². The molecular formula is H2Cs2OW. The van der Waals surface area contributed by atoms with E-state index in [1.165, 1.54) is 0 Å². The Hall–Kier alpha value is 4.59. The molecule has 0 heterocycles. The molecule has 0 fully saturated rings. The van der Waals surface area contributed by atoms with Crippen molar-refractivity contribution in [3.05, 3.63) is 0 Å². The summed E-state index contributed by atoms with van der Waals surface area (Å²) in [7, 11) is 0. The average molecular weight is 468 g/mol. The van der Waals surface area contributed by atoms with E-state index >= 15 is 0 Å². The Bertz CT molecular complexity index is 6.00. The monoisotopic (exact) mass is 468 g/mol. The van der Waals surface area contributed by atoms with Crippen LogP contribution in [0, 0.1) is 0 Å². The van der Waals surface area contributed by atoms with E-state index in [1.54, 1.807) is 0 Å². The Kier molecular flexibility index (Phi) is 61.9. The van der Waals surface area contributed by atoms with Crippen LogP contribution in [0.1, 0.15) is 0 Å². The fourth-order valence-corrected chi connectivity index (χ4v) is 0. The zero-order valence-electron chi connectivity index (χ0n) is 0.816. The fraction of sp³-hybridized carbons (Fsp3) is 0. The van der Waals surface area contributed by atoms with Crippen LogP contribution in [0.2, 0.25) is 0 Å². The van der Waals surface area contributed by atoms with E-state index in [2.05, 4.69) is 0 Å². The predicted octanol–water partition coefficient (Wildman–Crippen LogP) is -1.42. The normalized spacial score (nSPS) is 1.00. The second-order valence-electron chi connectivity index (χ2n) is 0. The SMILES string of the molecule is [CsH].[CsH].[O]=[W]. The standard InChI is InChI=1S/2Cs.O.W.2H. The van der Waals surface area contributed by atoms with Crippen molar-refractivity contribution in [2.45, 2.75) is 0 Å². The summed E-state index contributed by atoms with van der Waals surface area (Å²) < 4.78 is 8.33. The summed E-state index contributed by atoms with van der Waals surface area (Å²) in [6, 6.07) is 0. The summed E-state index contributed by atoms with van der Waals surface area (Å²) in [6.07, 6.45) is 0. The van der Waals surface area contributed by atoms with Crippen molar-refractivity contribution in [1.29, 1.82) is 0 Å². The molecule has 0 aliphatic carbocycles. The van der Waals surface area contributed by atoms with Gasteiger partial charge in [0, 0.05) is 0 Å². The molecule has 0 aromatic heterocycles. The van der Waals surface area contributed by atoms with Crippen LogP contribution in [0.25, 0.3) is 0 Å². The van der Waals surface area contributed by atoms with Gasteiger partial charge in [-0.1, -0.05) is 0 Å². The molecule has 4 heavy (non-hydrogen) atoms. The second-order valence-corrected chi connectivity index (χ2v) is 0. The average Bonchev–Trinajstić information content (AvgIpc) is 1.00. The first-order chi connectivity index (χ1) is 1.00. The number of hydrogen-bond acceptors (Lipinski definition) is 1. The summed E-state index contributed by atoms with van der Waals surface area (Å²) in [5, 5.41) is 0. The topological polar surface area (TPSA) is 17.1 Å². The molecule has 0 bridgehead atoms. The zero-order chi connectivity index (χ0) is 2.00. The van der Waals surface area contributed by atoms with Gasteiger partial charge in [-0.3, -0.25) is 0 Å². The molecule has 0 aromatic carbocycles. The molecular weight excluding hydrogens is 466 g/mol. The zero-order valence-corrected chi connectivity index (χ0v) is 3.75. The van der Waals surface area contributed by atoms with Gasteiger partial charge in [0.1, 0.15) is 0 Å². The molecule has 0 amide bonds. The minimum absolute atomic E-state index is 0. The summed E-state index contributed by atoms with van der Waals surface area (Å²) in [5.41, 5.74) is 0. The summed E-state index contributed by atoms with van der Waals surface area (Å²) >= 11 is 0.333. The molecule has 0 aliphatic heterocycles. The molecule has 16 valence electrons. The van der Waals surface area contributed by atoms with Crippen molar-refractivity contribution in [3.8, 4) is 0 Å². The van der Waals surface area contributed by atoms with Gasteiger partial charge in [-0.25, -0.2) is 0 Å². The molecule has 1 nitrogen and oxygen atoms in total. The van der Waals surface area contributed by atoms with Gasteiger partial charge in [0.25, 0.3) is 0 Å². The Morgan fingerprint density at radius 3 is 1.00 bits per heavy atom. The van der Waals surface area contributed by atoms with Gasteiger partial charge >= 0.3 is 161 Å². The molecule has 0 rings (SSSR count). The van der Waals surface area contributed by atoms with Crippen molar-refractivity contribution in [2.75, 3.05) is 0 Å². The quantitative estimate of drug-likeness (QED) is 0.428. The first-order valence-corrected chi connectivity index (χ1v) is 1.36. The molecule has 0 saturated heterocycles. The van der Waals surface area contributed by atoms with Gasteiger partial charge in [-0.15, -0.1) is 0 Å². The number of hydrogen-bond donors (Lipinski definition) is 0. The van der Waals surface area contributed by atoms with Crippen LogP contribution in [0.3, 0.4) is 0 Å². The number of rotatable bonds is 0. The molecule has 0 spiro atoms. The van der Waals surface area contributed by atoms with E-state index in [9.17, 15) is 0 Å².